The van der Waals surface area contributed by atoms with Gasteiger partial charge in [0.25, 0.3) is 0 Å². The van der Waals surface area contributed by atoms with Gasteiger partial charge in [-0.3, -0.25) is 4.79 Å². The maximum Gasteiger partial charge on any atom is 0.237 e. The van der Waals surface area contributed by atoms with E-state index < -0.39 is 23.7 Å². The lowest BCUT2D eigenvalue weighted by Gasteiger charge is -2.20. The van der Waals surface area contributed by atoms with Crippen molar-refractivity contribution in [3.63, 3.8) is 0 Å². The molecule has 0 fully saturated rings. The Balaban J connectivity index is 0.00000324. The molecule has 2 atom stereocenters. The first-order valence-corrected chi connectivity index (χ1v) is 5.83. The summed E-state index contributed by atoms with van der Waals surface area (Å²) in [4.78, 5) is 11.7. The molecular formula is C13H19ClF2N2O. The molecule has 19 heavy (non-hydrogen) atoms. The van der Waals surface area contributed by atoms with Gasteiger partial charge in [-0.25, -0.2) is 8.78 Å². The lowest BCUT2D eigenvalue weighted by atomic mass is 10.0. The van der Waals surface area contributed by atoms with Crippen molar-refractivity contribution in [2.75, 3.05) is 0 Å². The Labute approximate surface area is 118 Å². The van der Waals surface area contributed by atoms with Crippen molar-refractivity contribution >= 4 is 18.3 Å². The van der Waals surface area contributed by atoms with Crippen LogP contribution in [0.15, 0.2) is 18.2 Å². The van der Waals surface area contributed by atoms with E-state index in [-0.39, 0.29) is 29.8 Å². The number of benzene rings is 1. The zero-order chi connectivity index (χ0) is 13.9. The summed E-state index contributed by atoms with van der Waals surface area (Å²) < 4.78 is 26.2. The molecule has 0 bridgehead atoms. The second-order valence-electron chi connectivity index (χ2n) is 4.67. The predicted octanol–water partition coefficient (Wildman–Crippen LogP) is 2.55. The number of nitrogens with one attached hydrogen (secondary N) is 1. The van der Waals surface area contributed by atoms with Crippen LogP contribution in [0.3, 0.4) is 0 Å². The van der Waals surface area contributed by atoms with E-state index in [1.807, 2.05) is 13.8 Å². The zero-order valence-electron chi connectivity index (χ0n) is 11.1. The standard InChI is InChI=1S/C13H18F2N2O.ClH/c1-7(2)12(16)13(18)17-8(3)10-5-4-9(14)6-11(10)15;/h4-8,12H,16H2,1-3H3,(H,17,18);1H. The van der Waals surface area contributed by atoms with Crippen LogP contribution in [0.1, 0.15) is 32.4 Å². The van der Waals surface area contributed by atoms with Crippen LogP contribution in [0.2, 0.25) is 0 Å². The molecule has 1 rings (SSSR count). The van der Waals surface area contributed by atoms with E-state index in [0.29, 0.717) is 0 Å². The molecule has 0 aliphatic heterocycles. The fraction of sp³-hybridized carbons (Fsp3) is 0.462. The van der Waals surface area contributed by atoms with Crippen molar-refractivity contribution in [2.24, 2.45) is 11.7 Å². The van der Waals surface area contributed by atoms with Gasteiger partial charge in [-0.2, -0.15) is 0 Å². The van der Waals surface area contributed by atoms with Crippen molar-refractivity contribution < 1.29 is 13.6 Å². The van der Waals surface area contributed by atoms with E-state index in [2.05, 4.69) is 5.32 Å². The molecule has 108 valence electrons. The minimum Gasteiger partial charge on any atom is -0.348 e. The van der Waals surface area contributed by atoms with Crippen molar-refractivity contribution in [3.8, 4) is 0 Å². The third-order valence-corrected chi connectivity index (χ3v) is 2.81. The highest BCUT2D eigenvalue weighted by atomic mass is 35.5. The lowest BCUT2D eigenvalue weighted by Crippen LogP contribution is -2.44. The van der Waals surface area contributed by atoms with E-state index in [4.69, 9.17) is 5.73 Å². The Morgan fingerprint density at radius 1 is 1.26 bits per heavy atom. The van der Waals surface area contributed by atoms with E-state index in [0.717, 1.165) is 12.1 Å². The van der Waals surface area contributed by atoms with Crippen molar-refractivity contribution in [2.45, 2.75) is 32.9 Å². The molecule has 1 aromatic carbocycles. The van der Waals surface area contributed by atoms with Crippen molar-refractivity contribution in [1.82, 2.24) is 5.32 Å². The van der Waals surface area contributed by atoms with Gasteiger partial charge in [0.1, 0.15) is 11.6 Å². The average molecular weight is 293 g/mol. The second kappa shape index (κ2) is 7.40. The predicted molar refractivity (Wildman–Crippen MR) is 73.0 cm³/mol. The monoisotopic (exact) mass is 292 g/mol. The van der Waals surface area contributed by atoms with Crippen LogP contribution in [-0.2, 0) is 4.79 Å². The maximum atomic E-state index is 13.5. The Morgan fingerprint density at radius 2 is 1.84 bits per heavy atom. The Bertz CT molecular complexity index is 441. The van der Waals surface area contributed by atoms with Gasteiger partial charge in [-0.15, -0.1) is 12.4 Å². The third kappa shape index (κ3) is 4.76. The van der Waals surface area contributed by atoms with Crippen LogP contribution in [-0.4, -0.2) is 11.9 Å². The molecule has 1 amide bonds. The fourth-order valence-corrected chi connectivity index (χ4v) is 1.54. The molecule has 0 heterocycles. The van der Waals surface area contributed by atoms with Crippen LogP contribution in [0.25, 0.3) is 0 Å². The largest absolute Gasteiger partial charge is 0.348 e. The number of nitrogens with two attached hydrogens (primary N) is 1. The molecule has 0 aliphatic rings. The van der Waals surface area contributed by atoms with Crippen molar-refractivity contribution in [3.05, 3.63) is 35.4 Å². The first-order valence-electron chi connectivity index (χ1n) is 5.83. The van der Waals surface area contributed by atoms with Gasteiger partial charge in [0.15, 0.2) is 0 Å². The van der Waals surface area contributed by atoms with Crippen LogP contribution in [0, 0.1) is 17.6 Å². The minimum atomic E-state index is -0.680. The summed E-state index contributed by atoms with van der Waals surface area (Å²) >= 11 is 0. The molecule has 3 N–H and O–H groups in total. The molecule has 0 saturated carbocycles. The smallest absolute Gasteiger partial charge is 0.237 e. The third-order valence-electron chi connectivity index (χ3n) is 2.81. The molecule has 0 aliphatic carbocycles. The highest BCUT2D eigenvalue weighted by Crippen LogP contribution is 2.17. The SMILES string of the molecule is CC(NC(=O)C(N)C(C)C)c1ccc(F)cc1F.Cl. The Hall–Kier alpha value is -1.20. The number of halogens is 3. The number of carbonyl (C=O) groups excluding carboxylic acids is 1. The normalized spacial score (nSPS) is 13.6. The number of hydrogen-bond acceptors (Lipinski definition) is 2. The summed E-state index contributed by atoms with van der Waals surface area (Å²) in [6.45, 7) is 5.28. The molecule has 2 unspecified atom stereocenters. The quantitative estimate of drug-likeness (QED) is 0.896. The number of rotatable bonds is 4. The van der Waals surface area contributed by atoms with Gasteiger partial charge < -0.3 is 11.1 Å². The first kappa shape index (κ1) is 17.8. The number of hydrogen-bond donors (Lipinski definition) is 2. The molecule has 0 aromatic heterocycles. The van der Waals surface area contributed by atoms with Crippen LogP contribution in [0.4, 0.5) is 8.78 Å². The summed E-state index contributed by atoms with van der Waals surface area (Å²) in [5.74, 6) is -1.67. The average Bonchev–Trinajstić information content (AvgIpc) is 2.27. The summed E-state index contributed by atoms with van der Waals surface area (Å²) in [5, 5.41) is 2.61. The van der Waals surface area contributed by atoms with E-state index in [1.165, 1.54) is 6.07 Å². The molecule has 0 radical (unpaired) electrons. The summed E-state index contributed by atoms with van der Waals surface area (Å²) in [7, 11) is 0. The second-order valence-corrected chi connectivity index (χ2v) is 4.67. The van der Waals surface area contributed by atoms with Crippen LogP contribution in [0.5, 0.6) is 0 Å². The van der Waals surface area contributed by atoms with Crippen molar-refractivity contribution in [1.29, 1.82) is 0 Å². The summed E-state index contributed by atoms with van der Waals surface area (Å²) in [6.07, 6.45) is 0. The Morgan fingerprint density at radius 3 is 2.32 bits per heavy atom. The van der Waals surface area contributed by atoms with Gasteiger partial charge in [0, 0.05) is 11.6 Å². The molecule has 0 saturated heterocycles. The van der Waals surface area contributed by atoms with E-state index >= 15 is 0 Å². The molecular weight excluding hydrogens is 274 g/mol. The number of carbonyl (C=O) groups is 1. The van der Waals surface area contributed by atoms with Gasteiger partial charge in [-0.05, 0) is 18.9 Å². The van der Waals surface area contributed by atoms with Gasteiger partial charge in [0.2, 0.25) is 5.91 Å². The summed E-state index contributed by atoms with van der Waals surface area (Å²) in [6, 6.07) is 2.07. The molecule has 3 nitrogen and oxygen atoms in total. The maximum absolute atomic E-state index is 13.5. The van der Waals surface area contributed by atoms with E-state index in [1.54, 1.807) is 6.92 Å². The summed E-state index contributed by atoms with van der Waals surface area (Å²) in [5.41, 5.74) is 5.92. The molecule has 0 spiro atoms. The zero-order valence-corrected chi connectivity index (χ0v) is 11.9. The van der Waals surface area contributed by atoms with Gasteiger partial charge >= 0.3 is 0 Å². The lowest BCUT2D eigenvalue weighted by molar-refractivity contribution is -0.123. The van der Waals surface area contributed by atoms with E-state index in [9.17, 15) is 13.6 Å². The molecule has 6 heteroatoms. The molecule has 1 aromatic rings. The topological polar surface area (TPSA) is 55.1 Å². The highest BCUT2D eigenvalue weighted by Gasteiger charge is 2.20. The first-order chi connectivity index (χ1) is 8.32. The fourth-order valence-electron chi connectivity index (χ4n) is 1.54. The number of amides is 1. The van der Waals surface area contributed by atoms with Gasteiger partial charge in [0.05, 0.1) is 12.1 Å². The van der Waals surface area contributed by atoms with Crippen LogP contribution >= 0.6 is 12.4 Å². The highest BCUT2D eigenvalue weighted by molar-refractivity contribution is 5.85. The van der Waals surface area contributed by atoms with Gasteiger partial charge in [-0.1, -0.05) is 19.9 Å². The Kier molecular flexibility index (Phi) is 6.94. The minimum absolute atomic E-state index is 0. The van der Waals surface area contributed by atoms with Crippen LogP contribution < -0.4 is 11.1 Å².